The van der Waals surface area contributed by atoms with Crippen molar-refractivity contribution in [3.8, 4) is 0 Å². The van der Waals surface area contributed by atoms with Gasteiger partial charge in [-0.05, 0) is 32.1 Å². The highest BCUT2D eigenvalue weighted by molar-refractivity contribution is 9.08. The first kappa shape index (κ1) is 13.1. The van der Waals surface area contributed by atoms with Gasteiger partial charge in [-0.15, -0.1) is 10.2 Å². The predicted molar refractivity (Wildman–Crippen MR) is 73.4 cm³/mol. The molecule has 1 atom stereocenters. The zero-order valence-corrected chi connectivity index (χ0v) is 12.8. The minimum absolute atomic E-state index is 0.364. The fraction of sp³-hybridized carbons (Fsp3) is 0.846. The summed E-state index contributed by atoms with van der Waals surface area (Å²) in [6, 6.07) is 0.434. The molecule has 1 aromatic heterocycles. The molecule has 1 saturated carbocycles. The van der Waals surface area contributed by atoms with Gasteiger partial charge in [0, 0.05) is 12.0 Å². The molecule has 1 aromatic rings. The Hall–Kier alpha value is -0.380. The lowest BCUT2D eigenvalue weighted by Crippen LogP contribution is -2.21. The molecule has 1 fully saturated rings. The van der Waals surface area contributed by atoms with Gasteiger partial charge < -0.3 is 4.57 Å². The van der Waals surface area contributed by atoms with Crippen molar-refractivity contribution in [1.29, 1.82) is 0 Å². The van der Waals surface area contributed by atoms with Gasteiger partial charge >= 0.3 is 0 Å². The van der Waals surface area contributed by atoms with Crippen LogP contribution in [0.25, 0.3) is 0 Å². The van der Waals surface area contributed by atoms with Crippen molar-refractivity contribution in [2.24, 2.45) is 5.41 Å². The summed E-state index contributed by atoms with van der Waals surface area (Å²) in [6.07, 6.45) is 3.86. The first-order valence-electron chi connectivity index (χ1n) is 6.47. The molecular formula is C13H22BrN3. The minimum Gasteiger partial charge on any atom is -0.311 e. The molecule has 96 valence electrons. The molecule has 1 heterocycles. The molecule has 0 spiro atoms. The molecule has 4 heteroatoms. The molecule has 0 aliphatic heterocycles. The number of nitrogens with zero attached hydrogens (tertiary/aromatic N) is 3. The van der Waals surface area contributed by atoms with Crippen molar-refractivity contribution in [3.63, 3.8) is 0 Å². The largest absolute Gasteiger partial charge is 0.311 e. The molecule has 0 N–H and O–H groups in total. The summed E-state index contributed by atoms with van der Waals surface area (Å²) >= 11 is 3.50. The summed E-state index contributed by atoms with van der Waals surface area (Å²) in [5.41, 5.74) is 0.364. The van der Waals surface area contributed by atoms with Crippen molar-refractivity contribution in [2.75, 3.05) is 0 Å². The van der Waals surface area contributed by atoms with Gasteiger partial charge in [0.2, 0.25) is 0 Å². The Morgan fingerprint density at radius 2 is 2.12 bits per heavy atom. The first-order chi connectivity index (χ1) is 7.97. The number of halogens is 1. The molecule has 0 radical (unpaired) electrons. The van der Waals surface area contributed by atoms with Gasteiger partial charge in [0.15, 0.2) is 0 Å². The Bertz CT molecular complexity index is 395. The Labute approximate surface area is 112 Å². The summed E-state index contributed by atoms with van der Waals surface area (Å²) in [5.74, 6) is 2.81. The van der Waals surface area contributed by atoms with Crippen LogP contribution in [0, 0.1) is 5.41 Å². The molecule has 0 amide bonds. The molecular weight excluding hydrogens is 278 g/mol. The van der Waals surface area contributed by atoms with E-state index in [9.17, 15) is 0 Å². The van der Waals surface area contributed by atoms with E-state index in [1.165, 1.54) is 25.1 Å². The highest BCUT2D eigenvalue weighted by atomic mass is 79.9. The molecule has 1 unspecified atom stereocenters. The van der Waals surface area contributed by atoms with Gasteiger partial charge in [-0.3, -0.25) is 0 Å². The van der Waals surface area contributed by atoms with Gasteiger partial charge in [0.25, 0.3) is 0 Å². The van der Waals surface area contributed by atoms with E-state index < -0.39 is 0 Å². The van der Waals surface area contributed by atoms with Gasteiger partial charge in [0.1, 0.15) is 11.6 Å². The molecule has 3 nitrogen and oxygen atoms in total. The summed E-state index contributed by atoms with van der Waals surface area (Å²) in [7, 11) is 0. The SMILES string of the molecule is CC(C)n1c(CBr)nnc1C1CCCC1(C)C. The van der Waals surface area contributed by atoms with Crippen molar-refractivity contribution in [1.82, 2.24) is 14.8 Å². The molecule has 0 bridgehead atoms. The van der Waals surface area contributed by atoms with Crippen LogP contribution in [0.1, 0.15) is 70.6 Å². The molecule has 0 saturated heterocycles. The van der Waals surface area contributed by atoms with E-state index >= 15 is 0 Å². The van der Waals surface area contributed by atoms with Crippen LogP contribution in [0.5, 0.6) is 0 Å². The van der Waals surface area contributed by atoms with Crippen molar-refractivity contribution in [3.05, 3.63) is 11.6 Å². The normalized spacial score (nSPS) is 23.5. The lowest BCUT2D eigenvalue weighted by molar-refractivity contribution is 0.310. The van der Waals surface area contributed by atoms with Gasteiger partial charge in [-0.1, -0.05) is 36.2 Å². The molecule has 2 rings (SSSR count). The van der Waals surface area contributed by atoms with Crippen LogP contribution < -0.4 is 0 Å². The highest BCUT2D eigenvalue weighted by Gasteiger charge is 2.39. The van der Waals surface area contributed by atoms with E-state index in [-0.39, 0.29) is 0 Å². The van der Waals surface area contributed by atoms with E-state index in [2.05, 4.69) is 58.4 Å². The fourth-order valence-electron chi connectivity index (χ4n) is 3.03. The van der Waals surface area contributed by atoms with E-state index in [1.807, 2.05) is 0 Å². The zero-order valence-electron chi connectivity index (χ0n) is 11.2. The smallest absolute Gasteiger partial charge is 0.143 e. The average Bonchev–Trinajstić information content (AvgIpc) is 2.79. The summed E-state index contributed by atoms with van der Waals surface area (Å²) in [4.78, 5) is 0. The first-order valence-corrected chi connectivity index (χ1v) is 7.59. The zero-order chi connectivity index (χ0) is 12.6. The Kier molecular flexibility index (Phi) is 3.62. The Morgan fingerprint density at radius 3 is 2.59 bits per heavy atom. The monoisotopic (exact) mass is 299 g/mol. The standard InChI is InChI=1S/C13H22BrN3/c1-9(2)17-11(8-14)15-16-12(17)10-6-5-7-13(10,3)4/h9-10H,5-8H2,1-4H3. The van der Waals surface area contributed by atoms with Crippen LogP contribution in [0.4, 0.5) is 0 Å². The maximum absolute atomic E-state index is 4.47. The van der Waals surface area contributed by atoms with Crippen LogP contribution in [0.2, 0.25) is 0 Å². The third-order valence-corrected chi connectivity index (χ3v) is 4.50. The lowest BCUT2D eigenvalue weighted by atomic mass is 9.81. The average molecular weight is 300 g/mol. The van der Waals surface area contributed by atoms with Gasteiger partial charge in [-0.2, -0.15) is 0 Å². The number of hydrogen-bond acceptors (Lipinski definition) is 2. The van der Waals surface area contributed by atoms with E-state index in [0.29, 0.717) is 17.4 Å². The maximum Gasteiger partial charge on any atom is 0.143 e. The highest BCUT2D eigenvalue weighted by Crippen LogP contribution is 2.48. The predicted octanol–water partition coefficient (Wildman–Crippen LogP) is 4.05. The second-order valence-electron chi connectivity index (χ2n) is 6.01. The summed E-state index contributed by atoms with van der Waals surface area (Å²) < 4.78 is 2.31. The maximum atomic E-state index is 4.47. The van der Waals surface area contributed by atoms with Crippen molar-refractivity contribution < 1.29 is 0 Å². The van der Waals surface area contributed by atoms with Crippen LogP contribution in [0.3, 0.4) is 0 Å². The third-order valence-electron chi connectivity index (χ3n) is 4.00. The van der Waals surface area contributed by atoms with Gasteiger partial charge in [0.05, 0.1) is 5.33 Å². The minimum atomic E-state index is 0.364. The number of aromatic nitrogens is 3. The molecule has 1 aliphatic rings. The molecule has 0 aromatic carbocycles. The van der Waals surface area contributed by atoms with Crippen LogP contribution >= 0.6 is 15.9 Å². The van der Waals surface area contributed by atoms with Crippen LogP contribution in [-0.2, 0) is 5.33 Å². The van der Waals surface area contributed by atoms with E-state index in [1.54, 1.807) is 0 Å². The van der Waals surface area contributed by atoms with Crippen molar-refractivity contribution in [2.45, 2.75) is 64.2 Å². The molecule has 17 heavy (non-hydrogen) atoms. The quantitative estimate of drug-likeness (QED) is 0.789. The van der Waals surface area contributed by atoms with E-state index in [4.69, 9.17) is 0 Å². The fourth-order valence-corrected chi connectivity index (χ4v) is 3.42. The topological polar surface area (TPSA) is 30.7 Å². The van der Waals surface area contributed by atoms with E-state index in [0.717, 1.165) is 11.2 Å². The van der Waals surface area contributed by atoms with Crippen LogP contribution in [0.15, 0.2) is 0 Å². The molecule has 1 aliphatic carbocycles. The van der Waals surface area contributed by atoms with Crippen LogP contribution in [-0.4, -0.2) is 14.8 Å². The second-order valence-corrected chi connectivity index (χ2v) is 6.57. The second kappa shape index (κ2) is 4.71. The number of rotatable bonds is 3. The Balaban J connectivity index is 2.42. The number of alkyl halides is 1. The van der Waals surface area contributed by atoms with Gasteiger partial charge in [-0.25, -0.2) is 0 Å². The summed E-state index contributed by atoms with van der Waals surface area (Å²) in [6.45, 7) is 9.14. The van der Waals surface area contributed by atoms with Crippen molar-refractivity contribution >= 4 is 15.9 Å². The Morgan fingerprint density at radius 1 is 1.41 bits per heavy atom. The summed E-state index contributed by atoms with van der Waals surface area (Å²) in [5, 5.41) is 9.58. The third kappa shape index (κ3) is 2.28. The lowest BCUT2D eigenvalue weighted by Gasteiger charge is -2.27. The number of hydrogen-bond donors (Lipinski definition) is 0.